The summed E-state index contributed by atoms with van der Waals surface area (Å²) in [5.74, 6) is 0.981. The Morgan fingerprint density at radius 1 is 1.12 bits per heavy atom. The van der Waals surface area contributed by atoms with Gasteiger partial charge in [0.05, 0.1) is 22.8 Å². The minimum absolute atomic E-state index is 0.163. The average molecular weight is 374 g/mol. The largest absolute Gasteiger partial charge is 0.459 e. The van der Waals surface area contributed by atoms with Crippen LogP contribution in [0.2, 0.25) is 5.02 Å². The maximum absolute atomic E-state index is 12.3. The van der Waals surface area contributed by atoms with Crippen molar-refractivity contribution in [1.82, 2.24) is 10.2 Å². The van der Waals surface area contributed by atoms with E-state index in [0.717, 1.165) is 73.3 Å². The van der Waals surface area contributed by atoms with Gasteiger partial charge in [0, 0.05) is 10.9 Å². The van der Waals surface area contributed by atoms with Gasteiger partial charge >= 0.3 is 6.03 Å². The van der Waals surface area contributed by atoms with Crippen LogP contribution in [0.15, 0.2) is 16.5 Å². The predicted molar refractivity (Wildman–Crippen MR) is 103 cm³/mol. The van der Waals surface area contributed by atoms with Crippen LogP contribution in [0.25, 0.3) is 11.0 Å². The number of benzene rings is 1. The molecule has 0 atom stereocenters. The Labute approximate surface area is 158 Å². The van der Waals surface area contributed by atoms with Gasteiger partial charge in [-0.25, -0.2) is 4.79 Å². The summed E-state index contributed by atoms with van der Waals surface area (Å²) in [7, 11) is 0. The number of hydrogen-bond acceptors (Lipinski definition) is 3. The topological polar surface area (TPSA) is 57.5 Å². The number of carbonyl (C=O) groups excluding carboxylic acids is 1. The highest BCUT2D eigenvalue weighted by Gasteiger charge is 2.43. The normalized spacial score (nSPS) is 22.4. The van der Waals surface area contributed by atoms with E-state index in [2.05, 4.69) is 21.6 Å². The Bertz CT molecular complexity index is 864. The minimum atomic E-state index is -0.359. The number of rotatable bonds is 2. The van der Waals surface area contributed by atoms with E-state index in [1.807, 2.05) is 6.07 Å². The molecule has 1 spiro atoms. The van der Waals surface area contributed by atoms with Gasteiger partial charge in [-0.3, -0.25) is 4.90 Å². The molecule has 1 aliphatic carbocycles. The van der Waals surface area contributed by atoms with Gasteiger partial charge in [-0.2, -0.15) is 0 Å². The van der Waals surface area contributed by atoms with Gasteiger partial charge in [0.2, 0.25) is 0 Å². The number of urea groups is 1. The zero-order valence-electron chi connectivity index (χ0n) is 14.9. The third-order valence-corrected chi connectivity index (χ3v) is 6.46. The van der Waals surface area contributed by atoms with Crippen molar-refractivity contribution < 1.29 is 9.21 Å². The number of hydrogen-bond donors (Lipinski definition) is 2. The zero-order chi connectivity index (χ0) is 17.7. The number of anilines is 1. The molecule has 1 saturated heterocycles. The molecule has 6 heteroatoms. The molecule has 0 unspecified atom stereocenters. The van der Waals surface area contributed by atoms with Crippen molar-refractivity contribution in [1.29, 1.82) is 0 Å². The van der Waals surface area contributed by atoms with Crippen LogP contribution >= 0.6 is 11.6 Å². The van der Waals surface area contributed by atoms with Crippen molar-refractivity contribution in [3.8, 4) is 0 Å². The van der Waals surface area contributed by atoms with Gasteiger partial charge in [-0.15, -0.1) is 0 Å². The number of carbonyl (C=O) groups is 1. The van der Waals surface area contributed by atoms with E-state index in [-0.39, 0.29) is 11.6 Å². The van der Waals surface area contributed by atoms with Crippen molar-refractivity contribution in [2.24, 2.45) is 0 Å². The lowest BCUT2D eigenvalue weighted by Gasteiger charge is -2.42. The molecule has 2 fully saturated rings. The van der Waals surface area contributed by atoms with Crippen LogP contribution in [0.3, 0.4) is 0 Å². The average Bonchev–Trinajstić information content (AvgIpc) is 3.25. The van der Waals surface area contributed by atoms with E-state index in [4.69, 9.17) is 16.0 Å². The lowest BCUT2D eigenvalue weighted by atomic mass is 9.74. The molecule has 3 aliphatic rings. The Kier molecular flexibility index (Phi) is 3.90. The second-order valence-electron chi connectivity index (χ2n) is 7.94. The Morgan fingerprint density at radius 3 is 2.65 bits per heavy atom. The van der Waals surface area contributed by atoms with Crippen LogP contribution in [-0.4, -0.2) is 24.0 Å². The molecule has 1 aromatic carbocycles. The summed E-state index contributed by atoms with van der Waals surface area (Å²) in [6, 6.07) is 3.88. The molecule has 2 amide bonds. The van der Waals surface area contributed by atoms with Crippen LogP contribution in [0.1, 0.15) is 56.3 Å². The van der Waals surface area contributed by atoms with Crippen molar-refractivity contribution >= 4 is 34.3 Å². The molecule has 0 radical (unpaired) electrons. The molecule has 2 aromatic rings. The van der Waals surface area contributed by atoms with Crippen LogP contribution < -0.4 is 10.6 Å². The van der Waals surface area contributed by atoms with Crippen LogP contribution in [0.4, 0.5) is 10.5 Å². The lowest BCUT2D eigenvalue weighted by Crippen LogP contribution is -2.52. The van der Waals surface area contributed by atoms with Crippen LogP contribution in [-0.2, 0) is 12.1 Å². The Balaban J connectivity index is 1.65. The summed E-state index contributed by atoms with van der Waals surface area (Å²) >= 11 is 6.57. The van der Waals surface area contributed by atoms with E-state index in [9.17, 15) is 4.79 Å². The number of fused-ring (bicyclic) bond motifs is 4. The quantitative estimate of drug-likeness (QED) is 0.780. The summed E-state index contributed by atoms with van der Waals surface area (Å²) < 4.78 is 6.35. The first kappa shape index (κ1) is 16.5. The molecule has 5 rings (SSSR count). The van der Waals surface area contributed by atoms with Crippen molar-refractivity contribution in [2.75, 3.05) is 18.4 Å². The third-order valence-electron chi connectivity index (χ3n) is 6.17. The Hall–Kier alpha value is -1.72. The first-order chi connectivity index (χ1) is 12.6. The van der Waals surface area contributed by atoms with Crippen molar-refractivity contribution in [2.45, 2.75) is 57.0 Å². The smallest absolute Gasteiger partial charge is 0.319 e. The summed E-state index contributed by atoms with van der Waals surface area (Å²) in [5.41, 5.74) is 2.30. The highest BCUT2D eigenvalue weighted by atomic mass is 35.5. The fourth-order valence-corrected chi connectivity index (χ4v) is 5.23. The van der Waals surface area contributed by atoms with Gasteiger partial charge in [0.15, 0.2) is 0 Å². The molecule has 5 nitrogen and oxygen atoms in total. The standard InChI is InChI=1S/C20H24ClN3O2/c21-15-11-13-10-14(12-24-8-4-5-9-24)26-18(13)16-17(15)22-19(25)23-20(16)6-2-1-3-7-20/h10-11H,1-9,12H2,(H2,22,23,25). The molecule has 2 aliphatic heterocycles. The minimum Gasteiger partial charge on any atom is -0.459 e. The number of nitrogens with one attached hydrogen (secondary N) is 2. The van der Waals surface area contributed by atoms with Gasteiger partial charge in [0.25, 0.3) is 0 Å². The number of nitrogens with zero attached hydrogens (tertiary/aromatic N) is 1. The lowest BCUT2D eigenvalue weighted by molar-refractivity contribution is 0.208. The first-order valence-electron chi connectivity index (χ1n) is 9.72. The highest BCUT2D eigenvalue weighted by Crippen LogP contribution is 2.49. The summed E-state index contributed by atoms with van der Waals surface area (Å²) in [6.07, 6.45) is 7.82. The number of amides is 2. The van der Waals surface area contributed by atoms with Gasteiger partial charge in [-0.1, -0.05) is 30.9 Å². The fraction of sp³-hybridized carbons (Fsp3) is 0.550. The molecule has 26 heavy (non-hydrogen) atoms. The molecule has 1 aromatic heterocycles. The highest BCUT2D eigenvalue weighted by molar-refractivity contribution is 6.35. The van der Waals surface area contributed by atoms with Crippen LogP contribution in [0.5, 0.6) is 0 Å². The van der Waals surface area contributed by atoms with E-state index in [1.54, 1.807) is 0 Å². The van der Waals surface area contributed by atoms with Gasteiger partial charge in [0.1, 0.15) is 11.3 Å². The summed E-state index contributed by atoms with van der Waals surface area (Å²) in [4.78, 5) is 14.7. The maximum atomic E-state index is 12.3. The molecule has 0 bridgehead atoms. The van der Waals surface area contributed by atoms with E-state index in [1.165, 1.54) is 19.3 Å². The second-order valence-corrected chi connectivity index (χ2v) is 8.35. The second kappa shape index (κ2) is 6.17. The Morgan fingerprint density at radius 2 is 1.88 bits per heavy atom. The first-order valence-corrected chi connectivity index (χ1v) is 10.1. The molecule has 3 heterocycles. The van der Waals surface area contributed by atoms with Crippen molar-refractivity contribution in [3.63, 3.8) is 0 Å². The fourth-order valence-electron chi connectivity index (χ4n) is 4.98. The molecular formula is C20H24ClN3O2. The number of furan rings is 1. The number of likely N-dealkylation sites (tertiary alicyclic amines) is 1. The molecule has 1 saturated carbocycles. The molecule has 2 N–H and O–H groups in total. The van der Waals surface area contributed by atoms with E-state index < -0.39 is 0 Å². The van der Waals surface area contributed by atoms with Gasteiger partial charge < -0.3 is 15.1 Å². The molecule has 138 valence electrons. The van der Waals surface area contributed by atoms with Crippen LogP contribution in [0, 0.1) is 0 Å². The summed E-state index contributed by atoms with van der Waals surface area (Å²) in [6.45, 7) is 3.11. The maximum Gasteiger partial charge on any atom is 0.319 e. The SMILES string of the molecule is O=C1Nc2c(Cl)cc3cc(CN4CCCC4)oc3c2C2(CCCCC2)N1. The predicted octanol–water partition coefficient (Wildman–Crippen LogP) is 4.98. The summed E-state index contributed by atoms with van der Waals surface area (Å²) in [5, 5.41) is 7.76. The van der Waals surface area contributed by atoms with Gasteiger partial charge in [-0.05, 0) is 50.9 Å². The van der Waals surface area contributed by atoms with E-state index >= 15 is 0 Å². The third kappa shape index (κ3) is 2.60. The monoisotopic (exact) mass is 373 g/mol. The van der Waals surface area contributed by atoms with Crippen molar-refractivity contribution in [3.05, 3.63) is 28.5 Å². The molecular weight excluding hydrogens is 350 g/mol. The van der Waals surface area contributed by atoms with E-state index in [0.29, 0.717) is 5.02 Å². The zero-order valence-corrected chi connectivity index (χ0v) is 15.6. The number of halogens is 1.